The fraction of sp³-hybridized carbons (Fsp3) is 0.529. The number of rotatable bonds is 7. The van der Waals surface area contributed by atoms with Gasteiger partial charge in [0.1, 0.15) is 11.5 Å². The van der Waals surface area contributed by atoms with E-state index in [2.05, 4.69) is 17.3 Å². The van der Waals surface area contributed by atoms with Crippen LogP contribution in [0.2, 0.25) is 0 Å². The highest BCUT2D eigenvalue weighted by Gasteiger charge is 2.20. The van der Waals surface area contributed by atoms with Gasteiger partial charge < -0.3 is 9.73 Å². The maximum atomic E-state index is 12.4. The van der Waals surface area contributed by atoms with E-state index in [4.69, 9.17) is 4.42 Å². The molecule has 0 saturated carbocycles. The molecule has 0 radical (unpaired) electrons. The van der Waals surface area contributed by atoms with E-state index in [-0.39, 0.29) is 11.9 Å². The number of hydrogen-bond donors (Lipinski definition) is 1. The molecule has 0 spiro atoms. The molecule has 1 atom stereocenters. The van der Waals surface area contributed by atoms with Crippen molar-refractivity contribution in [3.8, 4) is 0 Å². The number of likely N-dealkylation sites (N-methyl/N-ethyl adjacent to an activating group) is 1. The lowest BCUT2D eigenvalue weighted by Crippen LogP contribution is -2.34. The number of aryl methyl sites for hydroxylation is 3. The Morgan fingerprint density at radius 1 is 1.39 bits per heavy atom. The average Bonchev–Trinajstić information content (AvgIpc) is 3.05. The van der Waals surface area contributed by atoms with Crippen LogP contribution < -0.4 is 5.32 Å². The molecule has 0 aliphatic heterocycles. The van der Waals surface area contributed by atoms with Crippen molar-refractivity contribution in [2.75, 3.05) is 20.6 Å². The van der Waals surface area contributed by atoms with Crippen LogP contribution in [-0.4, -0.2) is 41.2 Å². The van der Waals surface area contributed by atoms with Gasteiger partial charge in [0, 0.05) is 19.3 Å². The number of amides is 1. The molecule has 1 amide bonds. The number of aromatic nitrogens is 2. The monoisotopic (exact) mass is 318 g/mol. The third-order valence-electron chi connectivity index (χ3n) is 3.81. The van der Waals surface area contributed by atoms with Crippen molar-refractivity contribution in [1.29, 1.82) is 0 Å². The summed E-state index contributed by atoms with van der Waals surface area (Å²) in [7, 11) is 3.94. The first kappa shape index (κ1) is 17.3. The Labute approximate surface area is 137 Å². The molecule has 1 N–H and O–H groups in total. The Hall–Kier alpha value is -2.08. The zero-order valence-electron chi connectivity index (χ0n) is 14.6. The number of hydrogen-bond acceptors (Lipinski definition) is 4. The van der Waals surface area contributed by atoms with Crippen LogP contribution in [0.1, 0.15) is 47.0 Å². The Bertz CT molecular complexity index is 657. The first-order chi connectivity index (χ1) is 10.9. The number of furan rings is 1. The molecule has 6 nitrogen and oxygen atoms in total. The molecule has 2 aromatic heterocycles. The zero-order valence-corrected chi connectivity index (χ0v) is 14.6. The summed E-state index contributed by atoms with van der Waals surface area (Å²) in [5.74, 6) is 1.63. The standard InChI is InChI=1S/C17H26N4O2/c1-6-9-21-11-14(13(3)19-21)17(22)18-10-15(20(4)5)16-8-7-12(2)23-16/h7-8,11,15H,6,9-10H2,1-5H3,(H,18,22). The molecular formula is C17H26N4O2. The number of nitrogens with zero attached hydrogens (tertiary/aromatic N) is 3. The molecule has 2 heterocycles. The predicted molar refractivity (Wildman–Crippen MR) is 89.5 cm³/mol. The fourth-order valence-corrected chi connectivity index (χ4v) is 2.54. The van der Waals surface area contributed by atoms with E-state index in [0.717, 1.165) is 30.2 Å². The van der Waals surface area contributed by atoms with Gasteiger partial charge in [-0.1, -0.05) is 6.92 Å². The largest absolute Gasteiger partial charge is 0.465 e. The summed E-state index contributed by atoms with van der Waals surface area (Å²) in [6.45, 7) is 7.17. The van der Waals surface area contributed by atoms with Gasteiger partial charge in [-0.15, -0.1) is 0 Å². The van der Waals surface area contributed by atoms with Crippen LogP contribution >= 0.6 is 0 Å². The van der Waals surface area contributed by atoms with Crippen LogP contribution in [0.25, 0.3) is 0 Å². The van der Waals surface area contributed by atoms with Crippen LogP contribution in [0.4, 0.5) is 0 Å². The van der Waals surface area contributed by atoms with Crippen molar-refractivity contribution in [2.24, 2.45) is 0 Å². The van der Waals surface area contributed by atoms with Crippen LogP contribution in [0.15, 0.2) is 22.7 Å². The lowest BCUT2D eigenvalue weighted by molar-refractivity contribution is 0.0938. The molecule has 126 valence electrons. The molecule has 0 aliphatic rings. The van der Waals surface area contributed by atoms with E-state index >= 15 is 0 Å². The van der Waals surface area contributed by atoms with Gasteiger partial charge in [-0.2, -0.15) is 5.10 Å². The van der Waals surface area contributed by atoms with Crippen molar-refractivity contribution in [1.82, 2.24) is 20.0 Å². The second kappa shape index (κ2) is 7.46. The van der Waals surface area contributed by atoms with Gasteiger partial charge in [-0.25, -0.2) is 0 Å². The Kier molecular flexibility index (Phi) is 5.60. The summed E-state index contributed by atoms with van der Waals surface area (Å²) in [6.07, 6.45) is 2.80. The van der Waals surface area contributed by atoms with E-state index in [1.807, 2.05) is 55.9 Å². The summed E-state index contributed by atoms with van der Waals surface area (Å²) < 4.78 is 7.52. The number of nitrogens with one attached hydrogen (secondary N) is 1. The third-order valence-corrected chi connectivity index (χ3v) is 3.81. The van der Waals surface area contributed by atoms with E-state index in [1.54, 1.807) is 0 Å². The van der Waals surface area contributed by atoms with Crippen LogP contribution in [0.3, 0.4) is 0 Å². The van der Waals surface area contributed by atoms with Crippen LogP contribution in [-0.2, 0) is 6.54 Å². The van der Waals surface area contributed by atoms with Crippen molar-refractivity contribution >= 4 is 5.91 Å². The second-order valence-electron chi connectivity index (χ2n) is 6.03. The minimum absolute atomic E-state index is 0.00126. The van der Waals surface area contributed by atoms with E-state index < -0.39 is 0 Å². The summed E-state index contributed by atoms with van der Waals surface area (Å²) >= 11 is 0. The molecule has 2 aromatic rings. The molecular weight excluding hydrogens is 292 g/mol. The SMILES string of the molecule is CCCn1cc(C(=O)NCC(c2ccc(C)o2)N(C)C)c(C)n1. The topological polar surface area (TPSA) is 63.3 Å². The van der Waals surface area contributed by atoms with Crippen molar-refractivity contribution in [3.05, 3.63) is 41.1 Å². The van der Waals surface area contributed by atoms with Gasteiger partial charge in [-0.3, -0.25) is 14.4 Å². The first-order valence-electron chi connectivity index (χ1n) is 7.97. The summed E-state index contributed by atoms with van der Waals surface area (Å²) in [4.78, 5) is 14.5. The fourth-order valence-electron chi connectivity index (χ4n) is 2.54. The smallest absolute Gasteiger partial charge is 0.254 e. The van der Waals surface area contributed by atoms with E-state index in [0.29, 0.717) is 12.1 Å². The molecule has 0 aliphatic carbocycles. The maximum Gasteiger partial charge on any atom is 0.254 e. The predicted octanol–water partition coefficient (Wildman–Crippen LogP) is 2.54. The third kappa shape index (κ3) is 4.22. The van der Waals surface area contributed by atoms with Crippen molar-refractivity contribution < 1.29 is 9.21 Å². The highest BCUT2D eigenvalue weighted by Crippen LogP contribution is 2.20. The van der Waals surface area contributed by atoms with Gasteiger partial charge in [0.2, 0.25) is 0 Å². The number of carbonyl (C=O) groups is 1. The lowest BCUT2D eigenvalue weighted by atomic mass is 10.2. The van der Waals surface area contributed by atoms with Crippen LogP contribution in [0, 0.1) is 13.8 Å². The second-order valence-corrected chi connectivity index (χ2v) is 6.03. The summed E-state index contributed by atoms with van der Waals surface area (Å²) in [5, 5.41) is 7.36. The lowest BCUT2D eigenvalue weighted by Gasteiger charge is -2.22. The summed E-state index contributed by atoms with van der Waals surface area (Å²) in [6, 6.07) is 3.89. The molecule has 0 bridgehead atoms. The highest BCUT2D eigenvalue weighted by molar-refractivity contribution is 5.95. The Balaban J connectivity index is 2.04. The molecule has 1 unspecified atom stereocenters. The minimum Gasteiger partial charge on any atom is -0.465 e. The van der Waals surface area contributed by atoms with E-state index in [9.17, 15) is 4.79 Å². The Morgan fingerprint density at radius 2 is 2.13 bits per heavy atom. The normalized spacial score (nSPS) is 12.6. The minimum atomic E-state index is -0.0972. The maximum absolute atomic E-state index is 12.4. The van der Waals surface area contributed by atoms with E-state index in [1.165, 1.54) is 0 Å². The first-order valence-corrected chi connectivity index (χ1v) is 7.97. The van der Waals surface area contributed by atoms with Gasteiger partial charge in [0.25, 0.3) is 5.91 Å². The van der Waals surface area contributed by atoms with Gasteiger partial charge in [-0.05, 0) is 46.5 Å². The average molecular weight is 318 g/mol. The Morgan fingerprint density at radius 3 is 2.70 bits per heavy atom. The molecule has 6 heteroatoms. The quantitative estimate of drug-likeness (QED) is 0.852. The van der Waals surface area contributed by atoms with Crippen molar-refractivity contribution in [2.45, 2.75) is 39.8 Å². The highest BCUT2D eigenvalue weighted by atomic mass is 16.3. The van der Waals surface area contributed by atoms with Crippen molar-refractivity contribution in [3.63, 3.8) is 0 Å². The number of carbonyl (C=O) groups excluding carboxylic acids is 1. The molecule has 0 saturated heterocycles. The molecule has 2 rings (SSSR count). The molecule has 0 fully saturated rings. The van der Waals surface area contributed by atoms with Gasteiger partial charge in [0.05, 0.1) is 17.3 Å². The van der Waals surface area contributed by atoms with Crippen LogP contribution in [0.5, 0.6) is 0 Å². The summed E-state index contributed by atoms with van der Waals surface area (Å²) in [5.41, 5.74) is 1.39. The van der Waals surface area contributed by atoms with Gasteiger partial charge >= 0.3 is 0 Å². The molecule has 0 aromatic carbocycles. The zero-order chi connectivity index (χ0) is 17.0. The molecule has 23 heavy (non-hydrogen) atoms. The van der Waals surface area contributed by atoms with Gasteiger partial charge in [0.15, 0.2) is 0 Å².